The van der Waals surface area contributed by atoms with E-state index < -0.39 is 0 Å². The first-order valence-electron chi connectivity index (χ1n) is 7.20. The molecule has 1 aliphatic carbocycles. The van der Waals surface area contributed by atoms with Crippen LogP contribution in [0.3, 0.4) is 0 Å². The van der Waals surface area contributed by atoms with Crippen LogP contribution in [-0.2, 0) is 13.6 Å². The van der Waals surface area contributed by atoms with E-state index in [-0.39, 0.29) is 0 Å². The summed E-state index contributed by atoms with van der Waals surface area (Å²) in [4.78, 5) is 0. The lowest BCUT2D eigenvalue weighted by Crippen LogP contribution is -2.16. The van der Waals surface area contributed by atoms with Gasteiger partial charge in [0.2, 0.25) is 0 Å². The molecule has 0 unspecified atom stereocenters. The van der Waals surface area contributed by atoms with Gasteiger partial charge in [-0.15, -0.1) is 0 Å². The van der Waals surface area contributed by atoms with Crippen LogP contribution in [0.1, 0.15) is 30.4 Å². The van der Waals surface area contributed by atoms with Gasteiger partial charge < -0.3 is 10.1 Å². The summed E-state index contributed by atoms with van der Waals surface area (Å²) in [5.41, 5.74) is 2.64. The van der Waals surface area contributed by atoms with Gasteiger partial charge in [-0.2, -0.15) is 5.10 Å². The van der Waals surface area contributed by atoms with Gasteiger partial charge in [-0.1, -0.05) is 12.1 Å². The normalized spacial score (nSPS) is 20.9. The third-order valence-corrected chi connectivity index (χ3v) is 3.74. The van der Waals surface area contributed by atoms with Gasteiger partial charge in [0.15, 0.2) is 0 Å². The third kappa shape index (κ3) is 3.02. The fourth-order valence-electron chi connectivity index (χ4n) is 2.58. The molecule has 0 radical (unpaired) electrons. The molecule has 20 heavy (non-hydrogen) atoms. The number of benzene rings is 1. The number of aromatic nitrogens is 2. The third-order valence-electron chi connectivity index (χ3n) is 3.74. The van der Waals surface area contributed by atoms with Gasteiger partial charge in [-0.3, -0.25) is 4.68 Å². The van der Waals surface area contributed by atoms with Crippen molar-refractivity contribution in [1.82, 2.24) is 15.1 Å². The highest BCUT2D eigenvalue weighted by Crippen LogP contribution is 2.41. The van der Waals surface area contributed by atoms with Crippen LogP contribution in [0.2, 0.25) is 0 Å². The van der Waals surface area contributed by atoms with E-state index in [2.05, 4.69) is 40.9 Å². The Morgan fingerprint density at radius 1 is 1.35 bits per heavy atom. The Labute approximate surface area is 119 Å². The van der Waals surface area contributed by atoms with E-state index in [1.165, 1.54) is 17.5 Å². The highest BCUT2D eigenvalue weighted by atomic mass is 16.5. The Hall–Kier alpha value is -1.81. The van der Waals surface area contributed by atoms with E-state index in [1.54, 1.807) is 0 Å². The zero-order chi connectivity index (χ0) is 13.9. The summed E-state index contributed by atoms with van der Waals surface area (Å²) < 4.78 is 7.31. The maximum atomic E-state index is 5.47. The van der Waals surface area contributed by atoms with Gasteiger partial charge in [-0.25, -0.2) is 0 Å². The largest absolute Gasteiger partial charge is 0.494 e. The van der Waals surface area contributed by atoms with Crippen LogP contribution in [0, 0.1) is 0 Å². The zero-order valence-corrected chi connectivity index (χ0v) is 12.0. The molecule has 0 bridgehead atoms. The van der Waals surface area contributed by atoms with Crippen LogP contribution in [0.5, 0.6) is 5.75 Å². The topological polar surface area (TPSA) is 39.1 Å². The smallest absolute Gasteiger partial charge is 0.119 e. The van der Waals surface area contributed by atoms with Crippen molar-refractivity contribution in [1.29, 1.82) is 0 Å². The molecule has 1 aliphatic rings. The van der Waals surface area contributed by atoms with Crippen molar-refractivity contribution in [3.05, 3.63) is 47.8 Å². The average molecular weight is 271 g/mol. The molecule has 0 saturated heterocycles. The summed E-state index contributed by atoms with van der Waals surface area (Å²) in [6.07, 6.45) is 5.19. The summed E-state index contributed by atoms with van der Waals surface area (Å²) in [7, 11) is 1.95. The molecule has 1 N–H and O–H groups in total. The minimum atomic E-state index is 0.591. The van der Waals surface area contributed by atoms with Crippen molar-refractivity contribution in [2.24, 2.45) is 7.05 Å². The number of aryl methyl sites for hydroxylation is 1. The minimum absolute atomic E-state index is 0.591. The molecule has 0 spiro atoms. The van der Waals surface area contributed by atoms with Crippen LogP contribution >= 0.6 is 0 Å². The second-order valence-corrected chi connectivity index (χ2v) is 5.35. The first-order chi connectivity index (χ1) is 9.76. The molecule has 2 aromatic rings. The van der Waals surface area contributed by atoms with Gasteiger partial charge in [0, 0.05) is 37.3 Å². The Kier molecular flexibility index (Phi) is 3.74. The molecule has 3 rings (SSSR count). The number of hydrogen-bond donors (Lipinski definition) is 1. The van der Waals surface area contributed by atoms with Crippen LogP contribution in [0.25, 0.3) is 0 Å². The van der Waals surface area contributed by atoms with Crippen molar-refractivity contribution in [3.63, 3.8) is 0 Å². The number of hydrogen-bond acceptors (Lipinski definition) is 3. The Morgan fingerprint density at radius 3 is 2.80 bits per heavy atom. The van der Waals surface area contributed by atoms with Crippen LogP contribution in [0.4, 0.5) is 0 Å². The molecule has 4 heteroatoms. The van der Waals surface area contributed by atoms with Crippen molar-refractivity contribution in [2.75, 3.05) is 6.61 Å². The van der Waals surface area contributed by atoms with Crippen molar-refractivity contribution in [2.45, 2.75) is 31.8 Å². The van der Waals surface area contributed by atoms with Gasteiger partial charge >= 0.3 is 0 Å². The summed E-state index contributed by atoms with van der Waals surface area (Å²) >= 11 is 0. The molecule has 106 valence electrons. The lowest BCUT2D eigenvalue weighted by atomic mass is 10.1. The maximum absolute atomic E-state index is 5.47. The second-order valence-electron chi connectivity index (χ2n) is 5.35. The molecule has 1 aromatic carbocycles. The zero-order valence-electron chi connectivity index (χ0n) is 12.0. The number of nitrogens with zero attached hydrogens (tertiary/aromatic N) is 2. The molecule has 4 nitrogen and oxygen atoms in total. The minimum Gasteiger partial charge on any atom is -0.494 e. The van der Waals surface area contributed by atoms with E-state index in [0.29, 0.717) is 12.0 Å². The first-order valence-corrected chi connectivity index (χ1v) is 7.20. The van der Waals surface area contributed by atoms with E-state index in [1.807, 2.05) is 24.9 Å². The van der Waals surface area contributed by atoms with Crippen LogP contribution in [0.15, 0.2) is 36.7 Å². The number of ether oxygens (including phenoxy) is 1. The highest BCUT2D eigenvalue weighted by molar-refractivity contribution is 5.33. The molecular formula is C16H21N3O. The number of nitrogens with one attached hydrogen (secondary N) is 1. The summed E-state index contributed by atoms with van der Waals surface area (Å²) in [6.45, 7) is 3.62. The summed E-state index contributed by atoms with van der Waals surface area (Å²) in [5, 5.41) is 7.77. The maximum Gasteiger partial charge on any atom is 0.119 e. The summed E-state index contributed by atoms with van der Waals surface area (Å²) in [6, 6.07) is 9.08. The van der Waals surface area contributed by atoms with Crippen molar-refractivity contribution >= 4 is 0 Å². The quantitative estimate of drug-likeness (QED) is 0.877. The SMILES string of the molecule is CCOc1ccc([C@@H]2C[C@H]2NCc2cnn(C)c2)cc1. The predicted octanol–water partition coefficient (Wildman–Crippen LogP) is 2.46. The van der Waals surface area contributed by atoms with Crippen LogP contribution < -0.4 is 10.1 Å². The predicted molar refractivity (Wildman–Crippen MR) is 78.8 cm³/mol. The first kappa shape index (κ1) is 13.2. The lowest BCUT2D eigenvalue weighted by Gasteiger charge is -2.05. The summed E-state index contributed by atoms with van der Waals surface area (Å²) in [5.74, 6) is 1.60. The average Bonchev–Trinajstić information content (AvgIpc) is 3.12. The second kappa shape index (κ2) is 5.67. The van der Waals surface area contributed by atoms with Crippen molar-refractivity contribution in [3.8, 4) is 5.75 Å². The fraction of sp³-hybridized carbons (Fsp3) is 0.438. The van der Waals surface area contributed by atoms with Gasteiger partial charge in [0.1, 0.15) is 5.75 Å². The van der Waals surface area contributed by atoms with Gasteiger partial charge in [0.05, 0.1) is 12.8 Å². The number of rotatable bonds is 6. The van der Waals surface area contributed by atoms with E-state index >= 15 is 0 Å². The Balaban J connectivity index is 1.51. The molecule has 1 heterocycles. The Bertz CT molecular complexity index is 561. The van der Waals surface area contributed by atoms with Gasteiger partial charge in [0.25, 0.3) is 0 Å². The van der Waals surface area contributed by atoms with Crippen molar-refractivity contribution < 1.29 is 4.74 Å². The standard InChI is InChI=1S/C16H21N3O/c1-3-20-14-6-4-13(5-7-14)15-8-16(15)17-9-12-10-18-19(2)11-12/h4-7,10-11,15-17H,3,8-9H2,1-2H3/t15-,16+/m0/s1. The molecule has 1 aromatic heterocycles. The highest BCUT2D eigenvalue weighted by Gasteiger charge is 2.37. The monoisotopic (exact) mass is 271 g/mol. The fourth-order valence-corrected chi connectivity index (χ4v) is 2.58. The molecule has 0 aliphatic heterocycles. The van der Waals surface area contributed by atoms with Gasteiger partial charge in [-0.05, 0) is 31.0 Å². The molecule has 2 atom stereocenters. The van der Waals surface area contributed by atoms with Crippen LogP contribution in [-0.4, -0.2) is 22.4 Å². The molecule has 0 amide bonds. The Morgan fingerprint density at radius 2 is 2.15 bits per heavy atom. The van der Waals surface area contributed by atoms with E-state index in [0.717, 1.165) is 18.9 Å². The lowest BCUT2D eigenvalue weighted by molar-refractivity contribution is 0.340. The van der Waals surface area contributed by atoms with E-state index in [9.17, 15) is 0 Å². The molecular weight excluding hydrogens is 250 g/mol. The van der Waals surface area contributed by atoms with E-state index in [4.69, 9.17) is 4.74 Å². The molecule has 1 fully saturated rings. The molecule has 1 saturated carbocycles.